The largest absolute Gasteiger partial charge is 0.478 e. The molecule has 1 atom stereocenters. The molecule has 5 heteroatoms. The third kappa shape index (κ3) is 4.58. The minimum atomic E-state index is -0.934. The monoisotopic (exact) mass is 277 g/mol. The van der Waals surface area contributed by atoms with Crippen molar-refractivity contribution in [1.29, 1.82) is 0 Å². The van der Waals surface area contributed by atoms with Gasteiger partial charge < -0.3 is 15.3 Å². The number of hydrogen-bond acceptors (Lipinski definition) is 4. The fourth-order valence-corrected chi connectivity index (χ4v) is 2.57. The maximum atomic E-state index is 10.7. The lowest BCUT2D eigenvalue weighted by Gasteiger charge is -2.20. The predicted octanol–water partition coefficient (Wildman–Crippen LogP) is 1.60. The van der Waals surface area contributed by atoms with Crippen molar-refractivity contribution >= 4 is 5.97 Å². The van der Waals surface area contributed by atoms with Gasteiger partial charge in [0.05, 0.1) is 11.3 Å². The third-order valence-corrected chi connectivity index (χ3v) is 3.64. The van der Waals surface area contributed by atoms with Crippen molar-refractivity contribution in [3.63, 3.8) is 0 Å². The van der Waals surface area contributed by atoms with Gasteiger partial charge in [-0.2, -0.15) is 0 Å². The molecular weight excluding hydrogens is 254 g/mol. The van der Waals surface area contributed by atoms with Crippen molar-refractivity contribution in [1.82, 2.24) is 15.2 Å². The Morgan fingerprint density at radius 2 is 2.20 bits per heavy atom. The number of pyridine rings is 1. The molecule has 1 saturated heterocycles. The van der Waals surface area contributed by atoms with Gasteiger partial charge in [0.1, 0.15) is 0 Å². The van der Waals surface area contributed by atoms with Crippen LogP contribution >= 0.6 is 0 Å². The summed E-state index contributed by atoms with van der Waals surface area (Å²) in [6.45, 7) is 7.53. The SMILES string of the molecule is CC(CNCc1ccc(C(=O)O)cn1)CN1CCCC1. The molecule has 1 fully saturated rings. The first-order chi connectivity index (χ1) is 9.65. The van der Waals surface area contributed by atoms with Crippen LogP contribution in [0.25, 0.3) is 0 Å². The average molecular weight is 277 g/mol. The molecule has 0 aliphatic carbocycles. The number of nitrogens with zero attached hydrogens (tertiary/aromatic N) is 2. The molecule has 1 aliphatic heterocycles. The van der Waals surface area contributed by atoms with Crippen LogP contribution in [-0.2, 0) is 6.54 Å². The van der Waals surface area contributed by atoms with Gasteiger partial charge in [0, 0.05) is 19.3 Å². The Balaban J connectivity index is 1.68. The molecule has 1 aromatic heterocycles. The molecule has 2 rings (SSSR count). The van der Waals surface area contributed by atoms with Crippen LogP contribution < -0.4 is 5.32 Å². The number of rotatable bonds is 7. The van der Waals surface area contributed by atoms with E-state index >= 15 is 0 Å². The molecule has 1 aliphatic rings. The highest BCUT2D eigenvalue weighted by Gasteiger charge is 2.14. The Hall–Kier alpha value is -1.46. The van der Waals surface area contributed by atoms with Crippen LogP contribution in [0.1, 0.15) is 35.8 Å². The van der Waals surface area contributed by atoms with Gasteiger partial charge in [-0.1, -0.05) is 6.92 Å². The number of carbonyl (C=O) groups is 1. The number of aromatic nitrogens is 1. The van der Waals surface area contributed by atoms with E-state index in [1.165, 1.54) is 32.1 Å². The van der Waals surface area contributed by atoms with Gasteiger partial charge in [-0.25, -0.2) is 4.79 Å². The first-order valence-electron chi connectivity index (χ1n) is 7.26. The van der Waals surface area contributed by atoms with Crippen molar-refractivity contribution in [2.24, 2.45) is 5.92 Å². The lowest BCUT2D eigenvalue weighted by Crippen LogP contribution is -2.31. The summed E-state index contributed by atoms with van der Waals surface area (Å²) in [5.41, 5.74) is 1.11. The topological polar surface area (TPSA) is 65.5 Å². The minimum Gasteiger partial charge on any atom is -0.478 e. The van der Waals surface area contributed by atoms with Crippen molar-refractivity contribution in [2.45, 2.75) is 26.3 Å². The second kappa shape index (κ2) is 7.36. The maximum Gasteiger partial charge on any atom is 0.337 e. The first-order valence-corrected chi connectivity index (χ1v) is 7.26. The van der Waals surface area contributed by atoms with Crippen LogP contribution in [0.2, 0.25) is 0 Å². The van der Waals surface area contributed by atoms with Crippen LogP contribution in [0.5, 0.6) is 0 Å². The molecule has 1 unspecified atom stereocenters. The van der Waals surface area contributed by atoms with E-state index in [2.05, 4.69) is 22.1 Å². The van der Waals surface area contributed by atoms with Gasteiger partial charge in [0.2, 0.25) is 0 Å². The second-order valence-electron chi connectivity index (χ2n) is 5.59. The maximum absolute atomic E-state index is 10.7. The minimum absolute atomic E-state index is 0.233. The van der Waals surface area contributed by atoms with Crippen LogP contribution in [0.15, 0.2) is 18.3 Å². The van der Waals surface area contributed by atoms with E-state index in [4.69, 9.17) is 5.11 Å². The van der Waals surface area contributed by atoms with E-state index in [0.717, 1.165) is 18.8 Å². The van der Waals surface area contributed by atoms with E-state index in [9.17, 15) is 4.79 Å². The van der Waals surface area contributed by atoms with Crippen molar-refractivity contribution in [3.8, 4) is 0 Å². The summed E-state index contributed by atoms with van der Waals surface area (Å²) in [7, 11) is 0. The Morgan fingerprint density at radius 1 is 1.45 bits per heavy atom. The number of hydrogen-bond donors (Lipinski definition) is 2. The number of carboxylic acid groups (broad SMARTS) is 1. The summed E-state index contributed by atoms with van der Waals surface area (Å²) < 4.78 is 0. The highest BCUT2D eigenvalue weighted by molar-refractivity contribution is 5.87. The normalized spacial score (nSPS) is 17.2. The molecule has 0 bridgehead atoms. The number of nitrogens with one attached hydrogen (secondary N) is 1. The van der Waals surface area contributed by atoms with Gasteiger partial charge in [0.15, 0.2) is 0 Å². The van der Waals surface area contributed by atoms with Crippen molar-refractivity contribution in [2.75, 3.05) is 26.2 Å². The first kappa shape index (κ1) is 14.9. The average Bonchev–Trinajstić information content (AvgIpc) is 2.92. The fraction of sp³-hybridized carbons (Fsp3) is 0.600. The van der Waals surface area contributed by atoms with Gasteiger partial charge in [-0.15, -0.1) is 0 Å². The summed E-state index contributed by atoms with van der Waals surface area (Å²) in [6, 6.07) is 3.36. The molecule has 0 saturated carbocycles. The number of carboxylic acids is 1. The van der Waals surface area contributed by atoms with Gasteiger partial charge >= 0.3 is 5.97 Å². The Labute approximate surface area is 120 Å². The predicted molar refractivity (Wildman–Crippen MR) is 77.7 cm³/mol. The molecule has 2 heterocycles. The molecule has 20 heavy (non-hydrogen) atoms. The summed E-state index contributed by atoms with van der Waals surface area (Å²) in [5.74, 6) is -0.317. The Bertz CT molecular complexity index is 427. The highest BCUT2D eigenvalue weighted by atomic mass is 16.4. The molecule has 0 amide bonds. The number of likely N-dealkylation sites (tertiary alicyclic amines) is 1. The van der Waals surface area contributed by atoms with Gasteiger partial charge in [0.25, 0.3) is 0 Å². The quantitative estimate of drug-likeness (QED) is 0.792. The summed E-state index contributed by atoms with van der Waals surface area (Å²) >= 11 is 0. The smallest absolute Gasteiger partial charge is 0.337 e. The van der Waals surface area contributed by atoms with Gasteiger partial charge in [-0.3, -0.25) is 4.98 Å². The van der Waals surface area contributed by atoms with E-state index in [0.29, 0.717) is 12.5 Å². The van der Waals surface area contributed by atoms with Crippen LogP contribution in [0, 0.1) is 5.92 Å². The Morgan fingerprint density at radius 3 is 2.80 bits per heavy atom. The summed E-state index contributed by atoms with van der Waals surface area (Å²) in [5, 5.41) is 12.2. The standard InChI is InChI=1S/C15H23N3O2/c1-12(11-18-6-2-3-7-18)8-16-10-14-5-4-13(9-17-14)15(19)20/h4-5,9,12,16H,2-3,6-8,10-11H2,1H3,(H,19,20). The third-order valence-electron chi connectivity index (χ3n) is 3.64. The zero-order valence-corrected chi connectivity index (χ0v) is 12.0. The fourth-order valence-electron chi connectivity index (χ4n) is 2.57. The summed E-state index contributed by atoms with van der Waals surface area (Å²) in [4.78, 5) is 17.4. The molecular formula is C15H23N3O2. The zero-order valence-electron chi connectivity index (χ0n) is 12.0. The van der Waals surface area contributed by atoms with E-state index in [-0.39, 0.29) is 5.56 Å². The molecule has 0 spiro atoms. The zero-order chi connectivity index (χ0) is 14.4. The van der Waals surface area contributed by atoms with Crippen LogP contribution in [-0.4, -0.2) is 47.1 Å². The molecule has 2 N–H and O–H groups in total. The van der Waals surface area contributed by atoms with E-state index in [1.54, 1.807) is 12.1 Å². The summed E-state index contributed by atoms with van der Waals surface area (Å²) in [6.07, 6.45) is 4.08. The van der Waals surface area contributed by atoms with Crippen molar-refractivity contribution < 1.29 is 9.90 Å². The molecule has 0 aromatic carbocycles. The molecule has 1 aromatic rings. The van der Waals surface area contributed by atoms with Crippen LogP contribution in [0.3, 0.4) is 0 Å². The number of aromatic carboxylic acids is 1. The van der Waals surface area contributed by atoms with Crippen LogP contribution in [0.4, 0.5) is 0 Å². The van der Waals surface area contributed by atoms with E-state index in [1.807, 2.05) is 0 Å². The molecule has 5 nitrogen and oxygen atoms in total. The Kier molecular flexibility index (Phi) is 5.49. The van der Waals surface area contributed by atoms with E-state index < -0.39 is 5.97 Å². The highest BCUT2D eigenvalue weighted by Crippen LogP contribution is 2.09. The van der Waals surface area contributed by atoms with Gasteiger partial charge in [-0.05, 0) is 50.5 Å². The lowest BCUT2D eigenvalue weighted by atomic mass is 10.1. The lowest BCUT2D eigenvalue weighted by molar-refractivity contribution is 0.0696. The molecule has 0 radical (unpaired) electrons. The second-order valence-corrected chi connectivity index (χ2v) is 5.59. The van der Waals surface area contributed by atoms with Crippen molar-refractivity contribution in [3.05, 3.63) is 29.6 Å². The molecule has 110 valence electrons.